The number of hydrogen-bond acceptors (Lipinski definition) is 1. The van der Waals surface area contributed by atoms with Gasteiger partial charge in [0.2, 0.25) is 0 Å². The summed E-state index contributed by atoms with van der Waals surface area (Å²) in [5.41, 5.74) is -0.785. The smallest absolute Gasteiger partial charge is 0.379 e. The van der Waals surface area contributed by atoms with Crippen LogP contribution in [0.15, 0.2) is 22.7 Å². The van der Waals surface area contributed by atoms with Gasteiger partial charge in [0.25, 0.3) is 0 Å². The predicted molar refractivity (Wildman–Crippen MR) is 45.1 cm³/mol. The van der Waals surface area contributed by atoms with E-state index in [1.165, 1.54) is 12.1 Å². The fourth-order valence-corrected chi connectivity index (χ4v) is 1.29. The first-order chi connectivity index (χ1) is 6.34. The molecule has 0 aromatic heterocycles. The van der Waals surface area contributed by atoms with Gasteiger partial charge in [0.1, 0.15) is 5.82 Å². The molecular formula is C8H5BrF4O. The second kappa shape index (κ2) is 3.86. The van der Waals surface area contributed by atoms with Crippen LogP contribution in [0.1, 0.15) is 11.7 Å². The van der Waals surface area contributed by atoms with Crippen molar-refractivity contribution in [1.82, 2.24) is 0 Å². The molecule has 1 unspecified atom stereocenters. The lowest BCUT2D eigenvalue weighted by atomic mass is 10.1. The minimum Gasteiger partial charge on any atom is -0.379 e. The number of aliphatic hydroxyl groups is 1. The third kappa shape index (κ3) is 2.24. The second-order valence-electron chi connectivity index (χ2n) is 2.59. The molecule has 1 rings (SSSR count). The van der Waals surface area contributed by atoms with Gasteiger partial charge in [0, 0.05) is 5.56 Å². The predicted octanol–water partition coefficient (Wildman–Crippen LogP) is 3.18. The Balaban J connectivity index is 3.14. The van der Waals surface area contributed by atoms with Crippen molar-refractivity contribution in [3.8, 4) is 0 Å². The SMILES string of the molecule is OC(c1cccc(Br)c1F)C(F)(F)F. The molecule has 1 atom stereocenters. The molecule has 0 spiro atoms. The lowest BCUT2D eigenvalue weighted by molar-refractivity contribution is -0.207. The van der Waals surface area contributed by atoms with Gasteiger partial charge in [-0.2, -0.15) is 13.2 Å². The first-order valence-corrected chi connectivity index (χ1v) is 4.32. The van der Waals surface area contributed by atoms with Crippen LogP contribution in [0.4, 0.5) is 17.6 Å². The van der Waals surface area contributed by atoms with Crippen LogP contribution >= 0.6 is 15.9 Å². The van der Waals surface area contributed by atoms with Gasteiger partial charge in [-0.25, -0.2) is 4.39 Å². The minimum absolute atomic E-state index is 0.113. The molecule has 0 saturated heterocycles. The zero-order valence-electron chi connectivity index (χ0n) is 6.65. The Morgan fingerprint density at radius 1 is 1.29 bits per heavy atom. The Labute approximate surface area is 85.5 Å². The van der Waals surface area contributed by atoms with Crippen molar-refractivity contribution < 1.29 is 22.7 Å². The number of hydrogen-bond donors (Lipinski definition) is 1. The van der Waals surface area contributed by atoms with E-state index in [1.807, 2.05) is 0 Å². The monoisotopic (exact) mass is 272 g/mol. The summed E-state index contributed by atoms with van der Waals surface area (Å²) in [6, 6.07) is 3.36. The maximum absolute atomic E-state index is 13.1. The molecule has 0 saturated carbocycles. The third-order valence-electron chi connectivity index (χ3n) is 1.59. The number of alkyl halides is 3. The van der Waals surface area contributed by atoms with Gasteiger partial charge < -0.3 is 5.11 Å². The van der Waals surface area contributed by atoms with Crippen LogP contribution in [-0.4, -0.2) is 11.3 Å². The van der Waals surface area contributed by atoms with Crippen molar-refractivity contribution in [3.05, 3.63) is 34.1 Å². The lowest BCUT2D eigenvalue weighted by Gasteiger charge is -2.15. The molecule has 0 aliphatic carbocycles. The van der Waals surface area contributed by atoms with E-state index in [0.717, 1.165) is 6.07 Å². The van der Waals surface area contributed by atoms with E-state index in [0.29, 0.717) is 0 Å². The van der Waals surface area contributed by atoms with E-state index < -0.39 is 23.7 Å². The number of aliphatic hydroxyl groups excluding tert-OH is 1. The number of halogens is 5. The fourth-order valence-electron chi connectivity index (χ4n) is 0.908. The Bertz CT molecular complexity index is 337. The van der Waals surface area contributed by atoms with Crippen molar-refractivity contribution in [3.63, 3.8) is 0 Å². The first-order valence-electron chi connectivity index (χ1n) is 3.52. The van der Waals surface area contributed by atoms with Gasteiger partial charge in [-0.15, -0.1) is 0 Å². The molecule has 0 aliphatic heterocycles. The van der Waals surface area contributed by atoms with Crippen LogP contribution < -0.4 is 0 Å². The highest BCUT2D eigenvalue weighted by atomic mass is 79.9. The van der Waals surface area contributed by atoms with Crippen LogP contribution in [0.5, 0.6) is 0 Å². The largest absolute Gasteiger partial charge is 0.418 e. The molecule has 1 aromatic rings. The maximum Gasteiger partial charge on any atom is 0.418 e. The molecule has 0 fully saturated rings. The van der Waals surface area contributed by atoms with Crippen molar-refractivity contribution in [2.75, 3.05) is 0 Å². The topological polar surface area (TPSA) is 20.2 Å². The highest BCUT2D eigenvalue weighted by molar-refractivity contribution is 9.10. The van der Waals surface area contributed by atoms with Crippen LogP contribution in [-0.2, 0) is 0 Å². The molecule has 0 aliphatic rings. The molecule has 0 radical (unpaired) electrons. The van der Waals surface area contributed by atoms with E-state index in [-0.39, 0.29) is 4.47 Å². The minimum atomic E-state index is -4.86. The summed E-state index contributed by atoms with van der Waals surface area (Å²) in [5, 5.41) is 8.78. The maximum atomic E-state index is 13.1. The van der Waals surface area contributed by atoms with Crippen molar-refractivity contribution in [1.29, 1.82) is 0 Å². The zero-order chi connectivity index (χ0) is 10.9. The molecule has 1 aromatic carbocycles. The highest BCUT2D eigenvalue weighted by Crippen LogP contribution is 2.35. The average Bonchev–Trinajstić information content (AvgIpc) is 2.07. The van der Waals surface area contributed by atoms with E-state index in [9.17, 15) is 17.6 Å². The summed E-state index contributed by atoms with van der Waals surface area (Å²) in [7, 11) is 0. The Morgan fingerprint density at radius 3 is 2.36 bits per heavy atom. The molecule has 0 bridgehead atoms. The van der Waals surface area contributed by atoms with Crippen molar-refractivity contribution in [2.24, 2.45) is 0 Å². The van der Waals surface area contributed by atoms with Gasteiger partial charge in [-0.05, 0) is 22.0 Å². The number of benzene rings is 1. The second-order valence-corrected chi connectivity index (χ2v) is 3.44. The molecule has 1 nitrogen and oxygen atoms in total. The Morgan fingerprint density at radius 2 is 1.86 bits per heavy atom. The average molecular weight is 273 g/mol. The highest BCUT2D eigenvalue weighted by Gasteiger charge is 2.40. The molecule has 78 valence electrons. The van der Waals surface area contributed by atoms with Crippen LogP contribution in [0.3, 0.4) is 0 Å². The summed E-state index contributed by atoms with van der Waals surface area (Å²) in [6.07, 6.45) is -7.65. The molecule has 0 amide bonds. The van der Waals surface area contributed by atoms with Crippen LogP contribution in [0.25, 0.3) is 0 Å². The molecular weight excluding hydrogens is 268 g/mol. The zero-order valence-corrected chi connectivity index (χ0v) is 8.23. The number of rotatable bonds is 1. The summed E-state index contributed by atoms with van der Waals surface area (Å²) < 4.78 is 49.0. The van der Waals surface area contributed by atoms with Gasteiger partial charge in [0.15, 0.2) is 6.10 Å². The van der Waals surface area contributed by atoms with Crippen LogP contribution in [0.2, 0.25) is 0 Å². The summed E-state index contributed by atoms with van der Waals surface area (Å²) in [5.74, 6) is -1.10. The summed E-state index contributed by atoms with van der Waals surface area (Å²) >= 11 is 2.73. The lowest BCUT2D eigenvalue weighted by Crippen LogP contribution is -2.21. The Kier molecular flexibility index (Phi) is 3.16. The first kappa shape index (κ1) is 11.5. The third-order valence-corrected chi connectivity index (χ3v) is 2.20. The van der Waals surface area contributed by atoms with Gasteiger partial charge in [-0.1, -0.05) is 12.1 Å². The quantitative estimate of drug-likeness (QED) is 0.779. The van der Waals surface area contributed by atoms with E-state index >= 15 is 0 Å². The van der Waals surface area contributed by atoms with E-state index in [4.69, 9.17) is 5.11 Å². The molecule has 6 heteroatoms. The molecule has 14 heavy (non-hydrogen) atoms. The summed E-state index contributed by atoms with van der Waals surface area (Å²) in [4.78, 5) is 0. The van der Waals surface area contributed by atoms with Gasteiger partial charge >= 0.3 is 6.18 Å². The normalized spacial score (nSPS) is 14.1. The van der Waals surface area contributed by atoms with Crippen molar-refractivity contribution >= 4 is 15.9 Å². The standard InChI is InChI=1S/C8H5BrF4O/c9-5-3-1-2-4(6(5)10)7(14)8(11,12)13/h1-3,7,14H. The Hall–Kier alpha value is -0.620. The van der Waals surface area contributed by atoms with Crippen LogP contribution in [0, 0.1) is 5.82 Å². The summed E-state index contributed by atoms with van der Waals surface area (Å²) in [6.45, 7) is 0. The van der Waals surface area contributed by atoms with Crippen molar-refractivity contribution in [2.45, 2.75) is 12.3 Å². The van der Waals surface area contributed by atoms with Gasteiger partial charge in [0.05, 0.1) is 4.47 Å². The fraction of sp³-hybridized carbons (Fsp3) is 0.250. The van der Waals surface area contributed by atoms with Gasteiger partial charge in [-0.3, -0.25) is 0 Å². The van der Waals surface area contributed by atoms with E-state index in [1.54, 1.807) is 0 Å². The molecule has 1 N–H and O–H groups in total. The van der Waals surface area contributed by atoms with E-state index in [2.05, 4.69) is 15.9 Å². The molecule has 0 heterocycles.